The van der Waals surface area contributed by atoms with Gasteiger partial charge in [0, 0.05) is 0 Å². The Bertz CT molecular complexity index is 486. The fraction of sp³-hybridized carbons (Fsp3) is 0.429. The number of hydrogen-bond donors (Lipinski definition) is 2. The molecule has 0 saturated heterocycles. The molecule has 1 amide bonds. The minimum atomic E-state index is -1.04. The molecule has 19 heavy (non-hydrogen) atoms. The van der Waals surface area contributed by atoms with Crippen molar-refractivity contribution in [2.45, 2.75) is 31.9 Å². The molecule has 1 heterocycles. The zero-order valence-electron chi connectivity index (χ0n) is 10.8. The lowest BCUT2D eigenvalue weighted by atomic mass is 9.95. The van der Waals surface area contributed by atoms with E-state index in [0.29, 0.717) is 6.61 Å². The molecule has 1 aliphatic rings. The van der Waals surface area contributed by atoms with Gasteiger partial charge in [-0.2, -0.15) is 0 Å². The number of carboxylic acid groups (broad SMARTS) is 1. The number of carbonyl (C=O) groups excluding carboxylic acids is 1. The third-order valence-corrected chi connectivity index (χ3v) is 3.21. The van der Waals surface area contributed by atoms with Crippen molar-refractivity contribution in [3.8, 4) is 0 Å². The second-order valence-corrected chi connectivity index (χ2v) is 4.64. The number of ether oxygens (including phenoxy) is 1. The minimum absolute atomic E-state index is 0.147. The van der Waals surface area contributed by atoms with Crippen molar-refractivity contribution in [1.29, 1.82) is 0 Å². The van der Waals surface area contributed by atoms with Crippen LogP contribution in [0.2, 0.25) is 0 Å². The van der Waals surface area contributed by atoms with Gasteiger partial charge in [0.25, 0.3) is 0 Å². The molecule has 5 heteroatoms. The average Bonchev–Trinajstić information content (AvgIpc) is 2.39. The van der Waals surface area contributed by atoms with E-state index in [4.69, 9.17) is 9.84 Å². The highest BCUT2D eigenvalue weighted by atomic mass is 16.5. The van der Waals surface area contributed by atoms with E-state index in [0.717, 1.165) is 12.0 Å². The second-order valence-electron chi connectivity index (χ2n) is 4.64. The summed E-state index contributed by atoms with van der Waals surface area (Å²) in [7, 11) is 0. The topological polar surface area (TPSA) is 75.6 Å². The van der Waals surface area contributed by atoms with E-state index in [9.17, 15) is 9.59 Å². The second kappa shape index (κ2) is 5.84. The highest BCUT2D eigenvalue weighted by molar-refractivity contribution is 5.83. The summed E-state index contributed by atoms with van der Waals surface area (Å²) >= 11 is 0. The highest BCUT2D eigenvalue weighted by Crippen LogP contribution is 2.29. The number of benzene rings is 1. The van der Waals surface area contributed by atoms with Gasteiger partial charge in [-0.1, -0.05) is 24.3 Å². The molecule has 5 nitrogen and oxygen atoms in total. The molecular weight excluding hydrogens is 246 g/mol. The molecule has 102 valence electrons. The van der Waals surface area contributed by atoms with Crippen LogP contribution in [0.15, 0.2) is 24.3 Å². The lowest BCUT2D eigenvalue weighted by Gasteiger charge is -2.25. The fourth-order valence-corrected chi connectivity index (χ4v) is 2.18. The molecule has 1 aromatic carbocycles. The predicted octanol–water partition coefficient (Wildman–Crippen LogP) is 1.28. The molecule has 2 atom stereocenters. The number of hydrogen-bond acceptors (Lipinski definition) is 3. The first-order valence-corrected chi connectivity index (χ1v) is 6.29. The summed E-state index contributed by atoms with van der Waals surface area (Å²) in [5.74, 6) is -1.35. The molecule has 0 bridgehead atoms. The number of carbonyl (C=O) groups is 2. The van der Waals surface area contributed by atoms with Gasteiger partial charge in [0.1, 0.15) is 6.04 Å². The number of rotatable bonds is 4. The maximum atomic E-state index is 11.8. The SMILES string of the molecule is C[C@H](NC(=O)CC1OCCc2ccccc21)C(=O)O. The van der Waals surface area contributed by atoms with E-state index in [1.54, 1.807) is 0 Å². The molecular formula is C14H17NO4. The first-order valence-electron chi connectivity index (χ1n) is 6.29. The monoisotopic (exact) mass is 263 g/mol. The Balaban J connectivity index is 2.01. The zero-order valence-corrected chi connectivity index (χ0v) is 10.8. The first-order chi connectivity index (χ1) is 9.08. The summed E-state index contributed by atoms with van der Waals surface area (Å²) in [6.07, 6.45) is 0.708. The summed E-state index contributed by atoms with van der Waals surface area (Å²) in [5, 5.41) is 11.2. The fourth-order valence-electron chi connectivity index (χ4n) is 2.18. The van der Waals surface area contributed by atoms with Gasteiger partial charge >= 0.3 is 5.97 Å². The van der Waals surface area contributed by atoms with E-state index in [-0.39, 0.29) is 18.4 Å². The molecule has 1 unspecified atom stereocenters. The summed E-state index contributed by atoms with van der Waals surface area (Å²) in [6.45, 7) is 2.03. The number of nitrogens with one attached hydrogen (secondary N) is 1. The van der Waals surface area contributed by atoms with Crippen molar-refractivity contribution in [3.63, 3.8) is 0 Å². The number of fused-ring (bicyclic) bond motifs is 1. The molecule has 0 aromatic heterocycles. The molecule has 1 aromatic rings. The van der Waals surface area contributed by atoms with Crippen molar-refractivity contribution >= 4 is 11.9 Å². The van der Waals surface area contributed by atoms with Gasteiger partial charge in [0.2, 0.25) is 5.91 Å². The third kappa shape index (κ3) is 3.32. The zero-order chi connectivity index (χ0) is 13.8. The van der Waals surface area contributed by atoms with Crippen LogP contribution in [0.4, 0.5) is 0 Å². The van der Waals surface area contributed by atoms with E-state index in [1.165, 1.54) is 12.5 Å². The molecule has 0 radical (unpaired) electrons. The van der Waals surface area contributed by atoms with E-state index in [2.05, 4.69) is 5.32 Å². The largest absolute Gasteiger partial charge is 0.480 e. The molecule has 0 fully saturated rings. The summed E-state index contributed by atoms with van der Waals surface area (Å²) in [4.78, 5) is 22.5. The smallest absolute Gasteiger partial charge is 0.325 e. The van der Waals surface area contributed by atoms with E-state index < -0.39 is 12.0 Å². The Hall–Kier alpha value is -1.88. The molecule has 1 aliphatic heterocycles. The Morgan fingerprint density at radius 2 is 2.21 bits per heavy atom. The molecule has 2 N–H and O–H groups in total. The van der Waals surface area contributed by atoms with E-state index in [1.807, 2.05) is 24.3 Å². The maximum absolute atomic E-state index is 11.8. The van der Waals surface area contributed by atoms with Crippen LogP contribution < -0.4 is 5.32 Å². The van der Waals surface area contributed by atoms with Crippen LogP contribution in [0.3, 0.4) is 0 Å². The normalized spacial score (nSPS) is 19.3. The Morgan fingerprint density at radius 3 is 2.95 bits per heavy atom. The third-order valence-electron chi connectivity index (χ3n) is 3.21. The number of aliphatic carboxylic acids is 1. The van der Waals surface area contributed by atoms with Gasteiger partial charge in [-0.15, -0.1) is 0 Å². The molecule has 0 saturated carbocycles. The lowest BCUT2D eigenvalue weighted by Crippen LogP contribution is -2.39. The van der Waals surface area contributed by atoms with Gasteiger partial charge in [0.05, 0.1) is 19.1 Å². The Labute approximate surface area is 111 Å². The molecule has 2 rings (SSSR count). The van der Waals surface area contributed by atoms with Gasteiger partial charge in [-0.3, -0.25) is 9.59 Å². The van der Waals surface area contributed by atoms with Gasteiger partial charge in [-0.25, -0.2) is 0 Å². The van der Waals surface area contributed by atoms with Crippen LogP contribution in [0.1, 0.15) is 30.6 Å². The van der Waals surface area contributed by atoms with Crippen LogP contribution in [0, 0.1) is 0 Å². The van der Waals surface area contributed by atoms with Crippen molar-refractivity contribution in [3.05, 3.63) is 35.4 Å². The number of amides is 1. The van der Waals surface area contributed by atoms with Crippen molar-refractivity contribution in [2.75, 3.05) is 6.61 Å². The van der Waals surface area contributed by atoms with Crippen molar-refractivity contribution < 1.29 is 19.4 Å². The van der Waals surface area contributed by atoms with Crippen LogP contribution in [0.25, 0.3) is 0 Å². The van der Waals surface area contributed by atoms with Crippen molar-refractivity contribution in [2.24, 2.45) is 0 Å². The van der Waals surface area contributed by atoms with E-state index >= 15 is 0 Å². The standard InChI is InChI=1S/C14H17NO4/c1-9(14(17)18)15-13(16)8-12-11-5-3-2-4-10(11)6-7-19-12/h2-5,9,12H,6-8H2,1H3,(H,15,16)(H,17,18)/t9-,12?/m0/s1. The minimum Gasteiger partial charge on any atom is -0.480 e. The Morgan fingerprint density at radius 1 is 1.47 bits per heavy atom. The summed E-state index contributed by atoms with van der Waals surface area (Å²) < 4.78 is 5.61. The van der Waals surface area contributed by atoms with Crippen LogP contribution in [0.5, 0.6) is 0 Å². The van der Waals surface area contributed by atoms with Crippen LogP contribution in [-0.2, 0) is 20.7 Å². The Kier molecular flexibility index (Phi) is 4.16. The van der Waals surface area contributed by atoms with Crippen LogP contribution >= 0.6 is 0 Å². The number of carboxylic acids is 1. The first kappa shape index (κ1) is 13.5. The van der Waals surface area contributed by atoms with Gasteiger partial charge in [-0.05, 0) is 24.5 Å². The lowest BCUT2D eigenvalue weighted by molar-refractivity contribution is -0.141. The van der Waals surface area contributed by atoms with Gasteiger partial charge in [0.15, 0.2) is 0 Å². The maximum Gasteiger partial charge on any atom is 0.325 e. The molecule has 0 spiro atoms. The summed E-state index contributed by atoms with van der Waals surface area (Å²) in [6, 6.07) is 6.98. The van der Waals surface area contributed by atoms with Crippen molar-refractivity contribution in [1.82, 2.24) is 5.32 Å². The average molecular weight is 263 g/mol. The molecule has 0 aliphatic carbocycles. The summed E-state index contributed by atoms with van der Waals surface area (Å²) in [5.41, 5.74) is 2.21. The highest BCUT2D eigenvalue weighted by Gasteiger charge is 2.24. The van der Waals surface area contributed by atoms with Crippen LogP contribution in [-0.4, -0.2) is 29.6 Å². The predicted molar refractivity (Wildman–Crippen MR) is 68.7 cm³/mol. The van der Waals surface area contributed by atoms with Gasteiger partial charge < -0.3 is 15.2 Å². The quantitative estimate of drug-likeness (QED) is 0.858.